The number of amides is 2. The number of carbonyl (C=O) groups is 1. The van der Waals surface area contributed by atoms with Crippen molar-refractivity contribution in [1.29, 1.82) is 0 Å². The van der Waals surface area contributed by atoms with Gasteiger partial charge >= 0.3 is 6.03 Å². The number of nitrogens with zero attached hydrogens (tertiary/aromatic N) is 1. The molecule has 0 unspecified atom stereocenters. The van der Waals surface area contributed by atoms with Crippen LogP contribution in [0, 0.1) is 13.8 Å². The fraction of sp³-hybridized carbons (Fsp3) is 0.409. The number of urea groups is 1. The van der Waals surface area contributed by atoms with E-state index in [2.05, 4.69) is 5.32 Å². The molecule has 2 N–H and O–H groups in total. The number of ether oxygens (including phenoxy) is 2. The molecule has 1 heterocycles. The molecule has 0 spiro atoms. The Morgan fingerprint density at radius 1 is 1.14 bits per heavy atom. The first kappa shape index (κ1) is 20.0. The van der Waals surface area contributed by atoms with Gasteiger partial charge in [-0.15, -0.1) is 0 Å². The van der Waals surface area contributed by atoms with Gasteiger partial charge in [-0.05, 0) is 61.2 Å². The number of nitrogens with one attached hydrogen (secondary N) is 1. The number of phenolic OH excluding ortho intramolecular Hbond substituents is 1. The zero-order valence-electron chi connectivity index (χ0n) is 16.9. The maximum absolute atomic E-state index is 12.4. The number of hydrogen-bond donors (Lipinski definition) is 2. The minimum Gasteiger partial charge on any atom is -0.508 e. The van der Waals surface area contributed by atoms with Crippen molar-refractivity contribution in [3.05, 3.63) is 47.0 Å². The molecular formula is C22H28N2O4. The highest BCUT2D eigenvalue weighted by Gasteiger charge is 2.18. The Balaban J connectivity index is 1.77. The molecule has 1 aliphatic heterocycles. The lowest BCUT2D eigenvalue weighted by molar-refractivity contribution is 0.0564. The van der Waals surface area contributed by atoms with Crippen LogP contribution < -0.4 is 10.1 Å². The van der Waals surface area contributed by atoms with Crippen molar-refractivity contribution in [2.24, 2.45) is 0 Å². The molecule has 0 saturated carbocycles. The third kappa shape index (κ3) is 4.57. The standard InChI is InChI=1S/C22H28N2O4/c1-14(2)19-13-18(5-6-20(19)25)28-21-15(3)11-17(12-16(21)4)23-22(26)24-7-9-27-10-8-24/h5-6,11-14,25H,7-10H2,1-4H3,(H,23,26). The van der Waals surface area contributed by atoms with Crippen LogP contribution in [-0.2, 0) is 4.74 Å². The molecule has 6 nitrogen and oxygen atoms in total. The number of benzene rings is 2. The lowest BCUT2D eigenvalue weighted by Gasteiger charge is -2.27. The molecular weight excluding hydrogens is 356 g/mol. The summed E-state index contributed by atoms with van der Waals surface area (Å²) in [6.45, 7) is 10.3. The average molecular weight is 384 g/mol. The van der Waals surface area contributed by atoms with Crippen LogP contribution in [0.15, 0.2) is 30.3 Å². The predicted molar refractivity (Wildman–Crippen MR) is 110 cm³/mol. The zero-order valence-corrected chi connectivity index (χ0v) is 16.9. The van der Waals surface area contributed by atoms with Crippen LogP contribution in [0.4, 0.5) is 10.5 Å². The Kier molecular flexibility index (Phi) is 6.09. The maximum atomic E-state index is 12.4. The van der Waals surface area contributed by atoms with Crippen molar-refractivity contribution in [1.82, 2.24) is 4.90 Å². The highest BCUT2D eigenvalue weighted by Crippen LogP contribution is 2.35. The predicted octanol–water partition coefficient (Wildman–Crippen LogP) is 4.79. The molecule has 1 fully saturated rings. The van der Waals surface area contributed by atoms with Gasteiger partial charge in [-0.2, -0.15) is 0 Å². The SMILES string of the molecule is Cc1cc(NC(=O)N2CCOCC2)cc(C)c1Oc1ccc(O)c(C(C)C)c1. The number of rotatable bonds is 4. The third-order valence-corrected chi connectivity index (χ3v) is 4.85. The van der Waals surface area contributed by atoms with E-state index >= 15 is 0 Å². The van der Waals surface area contributed by atoms with Crippen LogP contribution in [0.2, 0.25) is 0 Å². The average Bonchev–Trinajstić information content (AvgIpc) is 2.66. The Morgan fingerprint density at radius 3 is 2.39 bits per heavy atom. The van der Waals surface area contributed by atoms with E-state index in [0.717, 1.165) is 28.1 Å². The molecule has 1 saturated heterocycles. The number of phenols is 1. The fourth-order valence-electron chi connectivity index (χ4n) is 3.33. The highest BCUT2D eigenvalue weighted by molar-refractivity contribution is 5.89. The first-order chi connectivity index (χ1) is 13.3. The molecule has 0 atom stereocenters. The van der Waals surface area contributed by atoms with Gasteiger partial charge in [-0.3, -0.25) is 0 Å². The Bertz CT molecular complexity index is 835. The van der Waals surface area contributed by atoms with Crippen LogP contribution in [-0.4, -0.2) is 42.3 Å². The second kappa shape index (κ2) is 8.52. The van der Waals surface area contributed by atoms with E-state index in [1.165, 1.54) is 0 Å². The van der Waals surface area contributed by atoms with Crippen molar-refractivity contribution < 1.29 is 19.4 Å². The maximum Gasteiger partial charge on any atom is 0.321 e. The van der Waals surface area contributed by atoms with E-state index in [1.807, 2.05) is 45.9 Å². The Hall–Kier alpha value is -2.73. The lowest BCUT2D eigenvalue weighted by Crippen LogP contribution is -2.43. The van der Waals surface area contributed by atoms with Gasteiger partial charge in [-0.1, -0.05) is 13.8 Å². The van der Waals surface area contributed by atoms with Gasteiger partial charge in [0.05, 0.1) is 13.2 Å². The minimum absolute atomic E-state index is 0.115. The van der Waals surface area contributed by atoms with Gasteiger partial charge in [0.25, 0.3) is 0 Å². The smallest absolute Gasteiger partial charge is 0.321 e. The zero-order chi connectivity index (χ0) is 20.3. The summed E-state index contributed by atoms with van der Waals surface area (Å²) in [5.41, 5.74) is 3.45. The van der Waals surface area contributed by atoms with Gasteiger partial charge in [0.1, 0.15) is 17.2 Å². The van der Waals surface area contributed by atoms with Gasteiger partial charge in [0.15, 0.2) is 0 Å². The quantitative estimate of drug-likeness (QED) is 0.795. The van der Waals surface area contributed by atoms with Gasteiger partial charge in [0.2, 0.25) is 0 Å². The summed E-state index contributed by atoms with van der Waals surface area (Å²) in [7, 11) is 0. The number of morpholine rings is 1. The summed E-state index contributed by atoms with van der Waals surface area (Å²) in [5, 5.41) is 13.0. The van der Waals surface area contributed by atoms with E-state index in [-0.39, 0.29) is 17.7 Å². The molecule has 2 aromatic rings. The van der Waals surface area contributed by atoms with Crippen LogP contribution in [0.5, 0.6) is 17.2 Å². The molecule has 2 aromatic carbocycles. The topological polar surface area (TPSA) is 71.0 Å². The first-order valence-corrected chi connectivity index (χ1v) is 9.61. The first-order valence-electron chi connectivity index (χ1n) is 9.61. The van der Waals surface area contributed by atoms with Gasteiger partial charge in [-0.25, -0.2) is 4.79 Å². The lowest BCUT2D eigenvalue weighted by atomic mass is 10.0. The van der Waals surface area contributed by atoms with Crippen LogP contribution in [0.25, 0.3) is 0 Å². The van der Waals surface area contributed by atoms with Crippen molar-refractivity contribution in [2.45, 2.75) is 33.6 Å². The second-order valence-corrected chi connectivity index (χ2v) is 7.45. The molecule has 28 heavy (non-hydrogen) atoms. The molecule has 6 heteroatoms. The molecule has 0 bridgehead atoms. The highest BCUT2D eigenvalue weighted by atomic mass is 16.5. The van der Waals surface area contributed by atoms with Crippen molar-refractivity contribution in [3.8, 4) is 17.2 Å². The Morgan fingerprint density at radius 2 is 1.79 bits per heavy atom. The van der Waals surface area contributed by atoms with E-state index in [4.69, 9.17) is 9.47 Å². The summed E-state index contributed by atoms with van der Waals surface area (Å²) in [4.78, 5) is 14.2. The fourth-order valence-corrected chi connectivity index (χ4v) is 3.33. The number of carbonyl (C=O) groups excluding carboxylic acids is 1. The Labute approximate surface area is 166 Å². The van der Waals surface area contributed by atoms with Crippen molar-refractivity contribution in [2.75, 3.05) is 31.6 Å². The summed E-state index contributed by atoms with van der Waals surface area (Å²) >= 11 is 0. The molecule has 0 aromatic heterocycles. The van der Waals surface area contributed by atoms with Crippen LogP contribution >= 0.6 is 0 Å². The number of aryl methyl sites for hydroxylation is 2. The molecule has 150 valence electrons. The monoisotopic (exact) mass is 384 g/mol. The summed E-state index contributed by atoms with van der Waals surface area (Å²) in [6.07, 6.45) is 0. The summed E-state index contributed by atoms with van der Waals surface area (Å²) in [5.74, 6) is 1.91. The number of anilines is 1. The molecule has 0 aliphatic carbocycles. The van der Waals surface area contributed by atoms with E-state index in [1.54, 1.807) is 17.0 Å². The molecule has 3 rings (SSSR count). The van der Waals surface area contributed by atoms with Crippen molar-refractivity contribution >= 4 is 11.7 Å². The molecule has 2 amide bonds. The molecule has 1 aliphatic rings. The minimum atomic E-state index is -0.115. The van der Waals surface area contributed by atoms with Gasteiger partial charge < -0.3 is 24.8 Å². The van der Waals surface area contributed by atoms with Crippen LogP contribution in [0.3, 0.4) is 0 Å². The van der Waals surface area contributed by atoms with E-state index in [9.17, 15) is 9.90 Å². The van der Waals surface area contributed by atoms with Gasteiger partial charge in [0, 0.05) is 24.3 Å². The second-order valence-electron chi connectivity index (χ2n) is 7.45. The van der Waals surface area contributed by atoms with E-state index < -0.39 is 0 Å². The summed E-state index contributed by atoms with van der Waals surface area (Å²) < 4.78 is 11.4. The number of aromatic hydroxyl groups is 1. The largest absolute Gasteiger partial charge is 0.508 e. The normalized spacial score (nSPS) is 14.2. The van der Waals surface area contributed by atoms with Crippen molar-refractivity contribution in [3.63, 3.8) is 0 Å². The molecule has 0 radical (unpaired) electrons. The summed E-state index contributed by atoms with van der Waals surface area (Å²) in [6, 6.07) is 8.98. The van der Waals surface area contributed by atoms with Crippen LogP contribution in [0.1, 0.15) is 36.5 Å². The third-order valence-electron chi connectivity index (χ3n) is 4.85. The van der Waals surface area contributed by atoms with E-state index in [0.29, 0.717) is 32.1 Å². The number of hydrogen-bond acceptors (Lipinski definition) is 4.